The normalized spacial score (nSPS) is 12.7. The Hall–Kier alpha value is -2.23. The van der Waals surface area contributed by atoms with E-state index in [1.165, 1.54) is 0 Å². The molecule has 0 spiro atoms. The lowest BCUT2D eigenvalue weighted by Gasteiger charge is -2.01. The Morgan fingerprint density at radius 1 is 0.944 bits per heavy atom. The fourth-order valence-corrected chi connectivity index (χ4v) is 2.22. The molecule has 3 aromatic rings. The third kappa shape index (κ3) is 1.42. The van der Waals surface area contributed by atoms with Crippen LogP contribution in [0.5, 0.6) is 0 Å². The Morgan fingerprint density at radius 2 is 1.67 bits per heavy atom. The molecule has 2 heterocycles. The van der Waals surface area contributed by atoms with E-state index in [2.05, 4.69) is 11.2 Å². The number of rotatable bonds is 0. The minimum absolute atomic E-state index is 0.194. The van der Waals surface area contributed by atoms with E-state index in [-0.39, 0.29) is 5.55 Å². The van der Waals surface area contributed by atoms with Gasteiger partial charge >= 0.3 is 0 Å². The lowest BCUT2D eigenvalue weighted by Crippen LogP contribution is -2.00. The van der Waals surface area contributed by atoms with Crippen LogP contribution in [0.3, 0.4) is 0 Å². The van der Waals surface area contributed by atoms with E-state index in [4.69, 9.17) is 14.0 Å². The van der Waals surface area contributed by atoms with Crippen molar-refractivity contribution in [2.24, 2.45) is 5.16 Å². The smallest absolute Gasteiger partial charge is 0.255 e. The van der Waals surface area contributed by atoms with Crippen LogP contribution in [0.4, 0.5) is 0 Å². The lowest BCUT2D eigenvalue weighted by molar-refractivity contribution is 0.277. The second-order valence-corrected chi connectivity index (χ2v) is 4.50. The number of aryl methyl sites for hydroxylation is 3. The molecule has 0 fully saturated rings. The summed E-state index contributed by atoms with van der Waals surface area (Å²) in [6, 6.07) is 5.60. The van der Waals surface area contributed by atoms with Gasteiger partial charge in [-0.1, -0.05) is 0 Å². The molecule has 0 saturated heterocycles. The highest BCUT2D eigenvalue weighted by Gasteiger charge is 2.10. The molecule has 18 heavy (non-hydrogen) atoms. The summed E-state index contributed by atoms with van der Waals surface area (Å²) >= 11 is 0. The average Bonchev–Trinajstić information content (AvgIpc) is 2.62. The maximum atomic E-state index is 8.79. The highest BCUT2D eigenvalue weighted by molar-refractivity contribution is 5.96. The SMILES string of the molecule is Cc1oc2cc3oc(=NO)cc(C)c3cc2c1C. The number of nitrogens with zero attached hydrogens (tertiary/aromatic N) is 1. The van der Waals surface area contributed by atoms with E-state index in [1.807, 2.05) is 26.8 Å². The van der Waals surface area contributed by atoms with E-state index in [9.17, 15) is 0 Å². The van der Waals surface area contributed by atoms with Crippen molar-refractivity contribution in [2.45, 2.75) is 20.8 Å². The van der Waals surface area contributed by atoms with E-state index in [0.717, 1.165) is 33.2 Å². The highest BCUT2D eigenvalue weighted by atomic mass is 16.5. The number of benzene rings is 1. The standard InChI is InChI=1S/C14H13NO3/c1-7-4-14(15-16)18-12-6-13-11(5-10(7)12)8(2)9(3)17-13/h4-6,16H,1-3H3. The summed E-state index contributed by atoms with van der Waals surface area (Å²) in [6.07, 6.45) is 0. The van der Waals surface area contributed by atoms with E-state index in [0.29, 0.717) is 5.58 Å². The molecule has 0 atom stereocenters. The molecule has 0 amide bonds. The molecule has 1 aromatic carbocycles. The van der Waals surface area contributed by atoms with Crippen LogP contribution in [0.15, 0.2) is 32.2 Å². The summed E-state index contributed by atoms with van der Waals surface area (Å²) in [6.45, 7) is 5.94. The molecule has 92 valence electrons. The third-order valence-corrected chi connectivity index (χ3v) is 3.35. The maximum Gasteiger partial charge on any atom is 0.255 e. The van der Waals surface area contributed by atoms with Crippen molar-refractivity contribution in [3.05, 3.63) is 40.6 Å². The number of furan rings is 1. The topological polar surface area (TPSA) is 58.9 Å². The van der Waals surface area contributed by atoms with Crippen molar-refractivity contribution in [3.8, 4) is 0 Å². The van der Waals surface area contributed by atoms with E-state index < -0.39 is 0 Å². The van der Waals surface area contributed by atoms with Crippen LogP contribution in [0.2, 0.25) is 0 Å². The Labute approximate surface area is 103 Å². The van der Waals surface area contributed by atoms with Crippen LogP contribution in [-0.2, 0) is 0 Å². The second kappa shape index (κ2) is 3.63. The van der Waals surface area contributed by atoms with Gasteiger partial charge in [0.15, 0.2) is 0 Å². The van der Waals surface area contributed by atoms with Gasteiger partial charge < -0.3 is 14.0 Å². The summed E-state index contributed by atoms with van der Waals surface area (Å²) in [7, 11) is 0. The summed E-state index contributed by atoms with van der Waals surface area (Å²) in [5.74, 6) is 0.907. The predicted molar refractivity (Wildman–Crippen MR) is 67.5 cm³/mol. The number of hydrogen-bond donors (Lipinski definition) is 1. The van der Waals surface area contributed by atoms with Gasteiger partial charge in [-0.05, 0) is 43.1 Å². The van der Waals surface area contributed by atoms with Gasteiger partial charge in [0.1, 0.15) is 16.9 Å². The Kier molecular flexibility index (Phi) is 2.20. The molecular weight excluding hydrogens is 230 g/mol. The molecule has 4 nitrogen and oxygen atoms in total. The van der Waals surface area contributed by atoms with Crippen LogP contribution in [0, 0.1) is 20.8 Å². The first-order valence-corrected chi connectivity index (χ1v) is 5.72. The third-order valence-electron chi connectivity index (χ3n) is 3.35. The van der Waals surface area contributed by atoms with Crippen molar-refractivity contribution in [3.63, 3.8) is 0 Å². The monoisotopic (exact) mass is 243 g/mol. The van der Waals surface area contributed by atoms with Gasteiger partial charge in [0, 0.05) is 22.9 Å². The van der Waals surface area contributed by atoms with Crippen molar-refractivity contribution < 1.29 is 14.0 Å². The molecule has 0 bridgehead atoms. The number of hydrogen-bond acceptors (Lipinski definition) is 4. The van der Waals surface area contributed by atoms with E-state index in [1.54, 1.807) is 6.07 Å². The molecule has 0 aliphatic rings. The minimum atomic E-state index is 0.194. The van der Waals surface area contributed by atoms with Crippen LogP contribution in [0.25, 0.3) is 21.9 Å². The molecule has 1 N–H and O–H groups in total. The Bertz CT molecular complexity index is 824. The fourth-order valence-electron chi connectivity index (χ4n) is 2.22. The van der Waals surface area contributed by atoms with Gasteiger partial charge in [-0.15, -0.1) is 0 Å². The van der Waals surface area contributed by atoms with Crippen molar-refractivity contribution in [2.75, 3.05) is 0 Å². The maximum absolute atomic E-state index is 8.79. The second-order valence-electron chi connectivity index (χ2n) is 4.50. The summed E-state index contributed by atoms with van der Waals surface area (Å²) in [5.41, 5.74) is 3.78. The average molecular weight is 243 g/mol. The molecule has 0 aliphatic heterocycles. The number of fused-ring (bicyclic) bond motifs is 2. The zero-order valence-electron chi connectivity index (χ0n) is 10.4. The fraction of sp³-hybridized carbons (Fsp3) is 0.214. The molecule has 0 unspecified atom stereocenters. The molecule has 0 radical (unpaired) electrons. The lowest BCUT2D eigenvalue weighted by atomic mass is 10.1. The largest absolute Gasteiger partial charge is 0.461 e. The Balaban J connectivity index is 2.52. The summed E-state index contributed by atoms with van der Waals surface area (Å²) in [5, 5.41) is 14.0. The minimum Gasteiger partial charge on any atom is -0.461 e. The van der Waals surface area contributed by atoms with Crippen LogP contribution in [-0.4, -0.2) is 5.21 Å². The van der Waals surface area contributed by atoms with Gasteiger partial charge in [0.05, 0.1) is 0 Å². The summed E-state index contributed by atoms with van der Waals surface area (Å²) < 4.78 is 11.1. The summed E-state index contributed by atoms with van der Waals surface area (Å²) in [4.78, 5) is 0. The van der Waals surface area contributed by atoms with Gasteiger partial charge in [0.25, 0.3) is 5.55 Å². The van der Waals surface area contributed by atoms with Gasteiger partial charge in [0.2, 0.25) is 0 Å². The van der Waals surface area contributed by atoms with Crippen molar-refractivity contribution >= 4 is 21.9 Å². The van der Waals surface area contributed by atoms with Gasteiger partial charge in [-0.3, -0.25) is 0 Å². The van der Waals surface area contributed by atoms with Gasteiger partial charge in [-0.25, -0.2) is 0 Å². The van der Waals surface area contributed by atoms with Crippen molar-refractivity contribution in [1.82, 2.24) is 0 Å². The molecule has 3 rings (SSSR count). The molecule has 0 aliphatic carbocycles. The quantitative estimate of drug-likeness (QED) is 0.486. The first-order valence-electron chi connectivity index (χ1n) is 5.72. The highest BCUT2D eigenvalue weighted by Crippen LogP contribution is 2.29. The molecule has 0 saturated carbocycles. The van der Waals surface area contributed by atoms with E-state index >= 15 is 0 Å². The zero-order chi connectivity index (χ0) is 12.9. The van der Waals surface area contributed by atoms with Gasteiger partial charge in [-0.2, -0.15) is 0 Å². The zero-order valence-corrected chi connectivity index (χ0v) is 10.4. The van der Waals surface area contributed by atoms with Crippen LogP contribution in [0.1, 0.15) is 16.9 Å². The van der Waals surface area contributed by atoms with Crippen molar-refractivity contribution in [1.29, 1.82) is 0 Å². The van der Waals surface area contributed by atoms with Crippen LogP contribution >= 0.6 is 0 Å². The Morgan fingerprint density at radius 3 is 2.39 bits per heavy atom. The first kappa shape index (κ1) is 10.9. The first-order chi connectivity index (χ1) is 8.60. The molecular formula is C14H13NO3. The molecule has 4 heteroatoms. The molecule has 2 aromatic heterocycles. The predicted octanol–water partition coefficient (Wildman–Crippen LogP) is 3.39. The van der Waals surface area contributed by atoms with Crippen LogP contribution < -0.4 is 5.55 Å².